The number of carbonyl (C=O) groups excluding carboxylic acids is 1. The number of benzene rings is 1. The molecule has 2 aromatic rings. The molecule has 0 aliphatic carbocycles. The number of hydrogen-bond donors (Lipinski definition) is 2. The van der Waals surface area contributed by atoms with Gasteiger partial charge in [0.2, 0.25) is 18.3 Å². The van der Waals surface area contributed by atoms with Crippen molar-refractivity contribution in [1.29, 1.82) is 0 Å². The van der Waals surface area contributed by atoms with E-state index >= 15 is 0 Å². The predicted octanol–water partition coefficient (Wildman–Crippen LogP) is 4.04. The van der Waals surface area contributed by atoms with Crippen LogP contribution in [0.4, 0.5) is 32.0 Å². The summed E-state index contributed by atoms with van der Waals surface area (Å²) >= 11 is 0. The van der Waals surface area contributed by atoms with Gasteiger partial charge in [-0.3, -0.25) is 15.2 Å². The molecule has 0 saturated heterocycles. The van der Waals surface area contributed by atoms with Crippen LogP contribution in [0.2, 0.25) is 0 Å². The molecule has 2 atom stereocenters. The van der Waals surface area contributed by atoms with E-state index in [0.717, 1.165) is 18.2 Å². The number of hydrazone groups is 2. The average molecular weight is 513 g/mol. The molecule has 3 heterocycles. The van der Waals surface area contributed by atoms with Gasteiger partial charge < -0.3 is 10.1 Å². The van der Waals surface area contributed by atoms with Gasteiger partial charge in [0, 0.05) is 31.8 Å². The van der Waals surface area contributed by atoms with Gasteiger partial charge in [-0.25, -0.2) is 0 Å². The maximum atomic E-state index is 13.6. The van der Waals surface area contributed by atoms with Gasteiger partial charge in [0.25, 0.3) is 0 Å². The zero-order chi connectivity index (χ0) is 26.3. The smallest absolute Gasteiger partial charge is 0.401 e. The molecule has 1 aromatic heterocycles. The first-order chi connectivity index (χ1) is 16.8. The Morgan fingerprint density at radius 2 is 1.83 bits per heavy atom. The fourth-order valence-corrected chi connectivity index (χ4v) is 3.67. The molecule has 4 rings (SSSR count). The van der Waals surface area contributed by atoms with Crippen LogP contribution in [0.1, 0.15) is 30.7 Å². The molecule has 0 amide bonds. The van der Waals surface area contributed by atoms with E-state index in [1.165, 1.54) is 60.2 Å². The molecule has 36 heavy (non-hydrogen) atoms. The lowest BCUT2D eigenvalue weighted by Crippen LogP contribution is -2.55. The molecule has 2 unspecified atom stereocenters. The van der Waals surface area contributed by atoms with Crippen molar-refractivity contribution < 1.29 is 40.6 Å². The molecule has 1 aromatic carbocycles. The summed E-state index contributed by atoms with van der Waals surface area (Å²) in [6, 6.07) is 6.31. The third kappa shape index (κ3) is 5.11. The Morgan fingerprint density at radius 3 is 2.44 bits per heavy atom. The SMILES string of the molecule is CC(=O)OC(C)[N+]1=CC(c2ncccc2C(F)(F)F)=CC2=NNC(Nc3ccc(C(F)(F)F)cc3)N21. The summed E-state index contributed by atoms with van der Waals surface area (Å²) in [4.78, 5) is 15.5. The number of hydrazine groups is 1. The zero-order valence-corrected chi connectivity index (χ0v) is 18.7. The van der Waals surface area contributed by atoms with Crippen molar-refractivity contribution in [2.75, 3.05) is 5.32 Å². The van der Waals surface area contributed by atoms with Gasteiger partial charge in [-0.05, 0) is 36.4 Å². The largest absolute Gasteiger partial charge is 0.418 e. The number of alkyl halides is 6. The Labute approximate surface area is 200 Å². The highest BCUT2D eigenvalue weighted by Crippen LogP contribution is 2.35. The predicted molar refractivity (Wildman–Crippen MR) is 116 cm³/mol. The molecule has 2 aliphatic heterocycles. The first-order valence-corrected chi connectivity index (χ1v) is 10.5. The lowest BCUT2D eigenvalue weighted by Gasteiger charge is -2.28. The monoisotopic (exact) mass is 513 g/mol. The van der Waals surface area contributed by atoms with Crippen molar-refractivity contribution in [2.24, 2.45) is 5.10 Å². The van der Waals surface area contributed by atoms with Crippen molar-refractivity contribution in [3.8, 4) is 0 Å². The number of halogens is 6. The van der Waals surface area contributed by atoms with Crippen molar-refractivity contribution >= 4 is 29.3 Å². The fourth-order valence-electron chi connectivity index (χ4n) is 3.67. The summed E-state index contributed by atoms with van der Waals surface area (Å²) < 4.78 is 86.0. The first kappa shape index (κ1) is 25.0. The van der Waals surface area contributed by atoms with Crippen molar-refractivity contribution in [2.45, 2.75) is 38.7 Å². The Kier molecular flexibility index (Phi) is 6.37. The standard InChI is InChI=1S/C22H18F6N6O2/c1-12(36-13(2)35)33-11-14(19-17(22(26,27)28)4-3-9-29-19)10-18-31-32-20(34(18)33)30-16-7-5-15(6-8-16)21(23,24)25/h3-12,20,30H,1-2H3/p+1. The Balaban J connectivity index is 1.69. The minimum absolute atomic E-state index is 0.0499. The van der Waals surface area contributed by atoms with Gasteiger partial charge in [-0.1, -0.05) is 9.69 Å². The summed E-state index contributed by atoms with van der Waals surface area (Å²) in [7, 11) is 0. The topological polar surface area (TPSA) is 81.9 Å². The minimum Gasteiger partial charge on any atom is -0.401 e. The van der Waals surface area contributed by atoms with Crippen molar-refractivity contribution in [3.05, 3.63) is 65.5 Å². The number of nitrogens with zero attached hydrogens (tertiary/aromatic N) is 4. The van der Waals surface area contributed by atoms with Gasteiger partial charge in [0.1, 0.15) is 0 Å². The number of nitrogens with one attached hydrogen (secondary N) is 2. The van der Waals surface area contributed by atoms with Crippen LogP contribution < -0.4 is 10.7 Å². The zero-order valence-electron chi connectivity index (χ0n) is 18.7. The number of carbonyl (C=O) groups is 1. The number of anilines is 1. The van der Waals surface area contributed by atoms with Gasteiger partial charge in [-0.2, -0.15) is 31.4 Å². The van der Waals surface area contributed by atoms with E-state index in [0.29, 0.717) is 5.69 Å². The molecular formula is C22H19F6N6O2+. The van der Waals surface area contributed by atoms with Crippen LogP contribution in [-0.4, -0.2) is 45.2 Å². The van der Waals surface area contributed by atoms with Crippen LogP contribution >= 0.6 is 0 Å². The fraction of sp³-hybridized carbons (Fsp3) is 0.273. The highest BCUT2D eigenvalue weighted by atomic mass is 19.4. The van der Waals surface area contributed by atoms with Gasteiger partial charge >= 0.3 is 24.5 Å². The second-order valence-electron chi connectivity index (χ2n) is 7.78. The number of fused-ring (bicyclic) bond motifs is 1. The van der Waals surface area contributed by atoms with Crippen LogP contribution in [0.25, 0.3) is 5.57 Å². The molecule has 2 N–H and O–H groups in total. The van der Waals surface area contributed by atoms with Crippen molar-refractivity contribution in [1.82, 2.24) is 15.4 Å². The Bertz CT molecular complexity index is 1250. The second-order valence-corrected chi connectivity index (χ2v) is 7.78. The molecule has 0 spiro atoms. The maximum Gasteiger partial charge on any atom is 0.418 e. The van der Waals surface area contributed by atoms with Gasteiger partial charge in [-0.15, -0.1) is 0 Å². The molecule has 190 valence electrons. The van der Waals surface area contributed by atoms with Crippen LogP contribution in [-0.2, 0) is 21.9 Å². The quantitative estimate of drug-likeness (QED) is 0.357. The molecule has 14 heteroatoms. The number of aromatic nitrogens is 1. The third-order valence-electron chi connectivity index (χ3n) is 5.20. The summed E-state index contributed by atoms with van der Waals surface area (Å²) in [6.07, 6.45) is -7.16. The first-order valence-electron chi connectivity index (χ1n) is 10.5. The average Bonchev–Trinajstić information content (AvgIpc) is 3.20. The van der Waals surface area contributed by atoms with Crippen molar-refractivity contribution in [3.63, 3.8) is 0 Å². The lowest BCUT2D eigenvalue weighted by molar-refractivity contribution is -0.721. The number of pyridine rings is 1. The number of allylic oxidation sites excluding steroid dienone is 1. The molecule has 0 bridgehead atoms. The molecule has 8 nitrogen and oxygen atoms in total. The van der Waals surface area contributed by atoms with E-state index in [9.17, 15) is 31.1 Å². The number of esters is 1. The van der Waals surface area contributed by atoms with Gasteiger partial charge in [0.05, 0.1) is 22.4 Å². The highest BCUT2D eigenvalue weighted by molar-refractivity contribution is 6.17. The molecule has 0 radical (unpaired) electrons. The molecule has 0 saturated carbocycles. The van der Waals surface area contributed by atoms with E-state index in [1.54, 1.807) is 0 Å². The normalized spacial score (nSPS) is 18.4. The minimum atomic E-state index is -4.68. The Morgan fingerprint density at radius 1 is 1.14 bits per heavy atom. The summed E-state index contributed by atoms with van der Waals surface area (Å²) in [5.41, 5.74) is 0.940. The Hall–Kier alpha value is -4.10. The van der Waals surface area contributed by atoms with E-state index in [2.05, 4.69) is 20.8 Å². The van der Waals surface area contributed by atoms with E-state index in [1.807, 2.05) is 0 Å². The molecular weight excluding hydrogens is 494 g/mol. The summed E-state index contributed by atoms with van der Waals surface area (Å²) in [5.74, 6) is -0.492. The molecule has 0 fully saturated rings. The van der Waals surface area contributed by atoms with Crippen LogP contribution in [0.3, 0.4) is 0 Å². The lowest BCUT2D eigenvalue weighted by atomic mass is 10.0. The number of amidine groups is 1. The maximum absolute atomic E-state index is 13.6. The van der Waals surface area contributed by atoms with Crippen LogP contribution in [0.5, 0.6) is 0 Å². The highest BCUT2D eigenvalue weighted by Gasteiger charge is 2.44. The van der Waals surface area contributed by atoms with Gasteiger partial charge in [0.15, 0.2) is 0 Å². The summed E-state index contributed by atoms with van der Waals surface area (Å²) in [5, 5.41) is 8.54. The van der Waals surface area contributed by atoms with E-state index in [-0.39, 0.29) is 17.1 Å². The molecule has 2 aliphatic rings. The third-order valence-corrected chi connectivity index (χ3v) is 5.20. The number of ether oxygens (including phenoxy) is 1. The number of hydrogen-bond acceptors (Lipinski definition) is 7. The van der Waals surface area contributed by atoms with Crippen LogP contribution in [0, 0.1) is 0 Å². The van der Waals surface area contributed by atoms with E-state index < -0.39 is 42.0 Å². The van der Waals surface area contributed by atoms with Crippen LogP contribution in [0.15, 0.2) is 53.8 Å². The second kappa shape index (κ2) is 9.17. The summed E-state index contributed by atoms with van der Waals surface area (Å²) in [6.45, 7) is 2.67. The van der Waals surface area contributed by atoms with E-state index in [4.69, 9.17) is 4.74 Å². The number of rotatable bonds is 5.